The smallest absolute Gasteiger partial charge is 0.266 e. The Morgan fingerprint density at radius 2 is 1.68 bits per heavy atom. The predicted octanol–water partition coefficient (Wildman–Crippen LogP) is 3.89. The van der Waals surface area contributed by atoms with Crippen LogP contribution in [-0.2, 0) is 10.0 Å². The summed E-state index contributed by atoms with van der Waals surface area (Å²) in [6, 6.07) is 18.6. The number of rotatable bonds is 7. The fourth-order valence-corrected chi connectivity index (χ4v) is 4.70. The summed E-state index contributed by atoms with van der Waals surface area (Å²) in [5.41, 5.74) is 2.39. The second-order valence-electron chi connectivity index (χ2n) is 7.18. The first-order valence-electron chi connectivity index (χ1n) is 10.1. The molecule has 0 atom stereocenters. The second kappa shape index (κ2) is 8.52. The number of para-hydroxylation sites is 2. The summed E-state index contributed by atoms with van der Waals surface area (Å²) in [5, 5.41) is 8.07. The molecule has 0 saturated carbocycles. The maximum absolute atomic E-state index is 13.0. The molecule has 5 aromatic rings. The molecule has 0 aliphatic heterocycles. The summed E-state index contributed by atoms with van der Waals surface area (Å²) >= 11 is 0. The van der Waals surface area contributed by atoms with E-state index in [1.54, 1.807) is 41.1 Å². The predicted molar refractivity (Wildman–Crippen MR) is 125 cm³/mol. The van der Waals surface area contributed by atoms with Gasteiger partial charge in [-0.1, -0.05) is 12.1 Å². The molecule has 10 nitrogen and oxygen atoms in total. The van der Waals surface area contributed by atoms with Crippen LogP contribution in [0.4, 0.5) is 5.69 Å². The highest BCUT2D eigenvalue weighted by Crippen LogP contribution is 2.31. The molecular weight excluding hydrogens is 458 g/mol. The Bertz CT molecular complexity index is 1600. The minimum atomic E-state index is -3.94. The first-order valence-corrected chi connectivity index (χ1v) is 11.6. The van der Waals surface area contributed by atoms with E-state index >= 15 is 0 Å². The molecule has 34 heavy (non-hydrogen) atoms. The lowest BCUT2D eigenvalue weighted by atomic mass is 10.3. The first kappa shape index (κ1) is 21.5. The van der Waals surface area contributed by atoms with Crippen LogP contribution < -0.4 is 18.9 Å². The summed E-state index contributed by atoms with van der Waals surface area (Å²) in [6.07, 6.45) is 1.59. The molecule has 0 bridgehead atoms. The number of methoxy groups -OCH3 is 2. The van der Waals surface area contributed by atoms with Gasteiger partial charge in [-0.3, -0.25) is 9.12 Å². The zero-order valence-electron chi connectivity index (χ0n) is 18.2. The van der Waals surface area contributed by atoms with E-state index in [1.807, 2.05) is 24.3 Å². The van der Waals surface area contributed by atoms with Gasteiger partial charge in [0.1, 0.15) is 28.5 Å². The molecule has 0 aliphatic rings. The van der Waals surface area contributed by atoms with Gasteiger partial charge in [0.25, 0.3) is 15.9 Å². The molecule has 0 unspecified atom stereocenters. The van der Waals surface area contributed by atoms with Gasteiger partial charge >= 0.3 is 0 Å². The van der Waals surface area contributed by atoms with Gasteiger partial charge in [-0.15, -0.1) is 10.2 Å². The third-order valence-electron chi connectivity index (χ3n) is 5.08. The van der Waals surface area contributed by atoms with Crippen LogP contribution in [0.5, 0.6) is 23.1 Å². The van der Waals surface area contributed by atoms with Crippen LogP contribution in [0.3, 0.4) is 0 Å². The average Bonchev–Trinajstić information content (AvgIpc) is 3.35. The minimum absolute atomic E-state index is 0.0377. The molecule has 2 heterocycles. The number of hydrogen-bond acceptors (Lipinski definition) is 8. The van der Waals surface area contributed by atoms with Crippen molar-refractivity contribution in [2.24, 2.45) is 0 Å². The van der Waals surface area contributed by atoms with Gasteiger partial charge in [0.15, 0.2) is 0 Å². The van der Waals surface area contributed by atoms with Gasteiger partial charge in [-0.05, 0) is 48.5 Å². The van der Waals surface area contributed by atoms with E-state index in [9.17, 15) is 8.42 Å². The van der Waals surface area contributed by atoms with Crippen molar-refractivity contribution in [1.29, 1.82) is 0 Å². The van der Waals surface area contributed by atoms with Crippen molar-refractivity contribution in [2.45, 2.75) is 4.90 Å². The highest BCUT2D eigenvalue weighted by molar-refractivity contribution is 7.92. The van der Waals surface area contributed by atoms with Crippen molar-refractivity contribution >= 4 is 32.4 Å². The topological polar surface area (TPSA) is 117 Å². The Kier molecular flexibility index (Phi) is 5.38. The van der Waals surface area contributed by atoms with Crippen LogP contribution >= 0.6 is 0 Å². The Balaban J connectivity index is 1.41. The van der Waals surface area contributed by atoms with Crippen LogP contribution in [-0.4, -0.2) is 42.2 Å². The number of fused-ring (bicyclic) bond motifs is 3. The van der Waals surface area contributed by atoms with E-state index in [0.29, 0.717) is 22.8 Å². The number of benzene rings is 3. The van der Waals surface area contributed by atoms with Crippen LogP contribution in [0.2, 0.25) is 0 Å². The monoisotopic (exact) mass is 477 g/mol. The van der Waals surface area contributed by atoms with Gasteiger partial charge in [0.05, 0.1) is 25.3 Å². The zero-order chi connectivity index (χ0) is 23.7. The molecule has 172 valence electrons. The van der Waals surface area contributed by atoms with E-state index in [2.05, 4.69) is 19.9 Å². The van der Waals surface area contributed by atoms with Gasteiger partial charge in [0.2, 0.25) is 5.65 Å². The van der Waals surface area contributed by atoms with E-state index in [1.165, 1.54) is 26.4 Å². The maximum atomic E-state index is 13.0. The fourth-order valence-electron chi connectivity index (χ4n) is 3.45. The highest BCUT2D eigenvalue weighted by atomic mass is 32.2. The number of aromatic nitrogens is 4. The van der Waals surface area contributed by atoms with Crippen molar-refractivity contribution in [1.82, 2.24) is 19.6 Å². The highest BCUT2D eigenvalue weighted by Gasteiger charge is 2.21. The van der Waals surface area contributed by atoms with Crippen molar-refractivity contribution in [2.75, 3.05) is 18.9 Å². The SMILES string of the molecule is COc1ccc(OC)c(S(=O)(=O)Nc2ccc(Oc3nc4ccccc4n4cnnc34)cc2)c1. The molecule has 0 saturated heterocycles. The van der Waals surface area contributed by atoms with Crippen LogP contribution in [0, 0.1) is 0 Å². The number of nitrogens with one attached hydrogen (secondary N) is 1. The molecule has 0 aliphatic carbocycles. The molecule has 0 fully saturated rings. The number of anilines is 1. The summed E-state index contributed by atoms with van der Waals surface area (Å²) in [6.45, 7) is 0. The summed E-state index contributed by atoms with van der Waals surface area (Å²) < 4.78 is 46.5. The molecule has 2 aromatic heterocycles. The van der Waals surface area contributed by atoms with E-state index < -0.39 is 10.0 Å². The van der Waals surface area contributed by atoms with Crippen molar-refractivity contribution in [3.8, 4) is 23.1 Å². The molecule has 0 radical (unpaired) electrons. The third-order valence-corrected chi connectivity index (χ3v) is 6.49. The average molecular weight is 478 g/mol. The number of nitrogens with zero attached hydrogens (tertiary/aromatic N) is 4. The van der Waals surface area contributed by atoms with Crippen LogP contribution in [0.15, 0.2) is 78.0 Å². The maximum Gasteiger partial charge on any atom is 0.266 e. The van der Waals surface area contributed by atoms with Gasteiger partial charge in [-0.25, -0.2) is 13.4 Å². The molecule has 0 amide bonds. The molecule has 1 N–H and O–H groups in total. The van der Waals surface area contributed by atoms with Crippen molar-refractivity contribution in [3.63, 3.8) is 0 Å². The van der Waals surface area contributed by atoms with Crippen LogP contribution in [0.25, 0.3) is 16.7 Å². The Morgan fingerprint density at radius 1 is 0.912 bits per heavy atom. The van der Waals surface area contributed by atoms with Crippen molar-refractivity contribution < 1.29 is 22.6 Å². The van der Waals surface area contributed by atoms with E-state index in [4.69, 9.17) is 14.2 Å². The lowest BCUT2D eigenvalue weighted by Gasteiger charge is -2.13. The fraction of sp³-hybridized carbons (Fsp3) is 0.0870. The Labute approximate surface area is 194 Å². The molecule has 11 heteroatoms. The minimum Gasteiger partial charge on any atom is -0.497 e. The van der Waals surface area contributed by atoms with Gasteiger partial charge < -0.3 is 14.2 Å². The lowest BCUT2D eigenvalue weighted by molar-refractivity contribution is 0.392. The summed E-state index contributed by atoms with van der Waals surface area (Å²) in [4.78, 5) is 4.51. The number of ether oxygens (including phenoxy) is 3. The second-order valence-corrected chi connectivity index (χ2v) is 8.83. The third kappa shape index (κ3) is 3.92. The number of hydrogen-bond donors (Lipinski definition) is 1. The quantitative estimate of drug-likeness (QED) is 0.375. The van der Waals surface area contributed by atoms with Gasteiger partial charge in [0, 0.05) is 11.8 Å². The molecule has 0 spiro atoms. The van der Waals surface area contributed by atoms with Crippen molar-refractivity contribution in [3.05, 3.63) is 73.1 Å². The van der Waals surface area contributed by atoms with Gasteiger partial charge in [-0.2, -0.15) is 0 Å². The molecular formula is C23H19N5O5S. The summed E-state index contributed by atoms with van der Waals surface area (Å²) in [5.74, 6) is 1.33. The van der Waals surface area contributed by atoms with E-state index in [0.717, 1.165) is 11.0 Å². The normalized spacial score (nSPS) is 11.5. The lowest BCUT2D eigenvalue weighted by Crippen LogP contribution is -2.14. The molecule has 5 rings (SSSR count). The molecule has 3 aromatic carbocycles. The number of sulfonamides is 1. The largest absolute Gasteiger partial charge is 0.497 e. The summed E-state index contributed by atoms with van der Waals surface area (Å²) in [7, 11) is -1.07. The standard InChI is InChI=1S/C23H19N5O5S/c1-31-17-11-12-20(32-2)21(13-17)34(29,30)27-15-7-9-16(10-8-15)33-23-22-26-24-14-28(22)19-6-4-3-5-18(19)25-23/h3-14,27H,1-2H3. The van der Waals surface area contributed by atoms with E-state index in [-0.39, 0.29) is 16.5 Å². The van der Waals surface area contributed by atoms with Crippen LogP contribution in [0.1, 0.15) is 0 Å². The first-order chi connectivity index (χ1) is 16.5. The Morgan fingerprint density at radius 3 is 2.44 bits per heavy atom. The zero-order valence-corrected chi connectivity index (χ0v) is 19.0. The Hall–Kier alpha value is -4.38.